The lowest BCUT2D eigenvalue weighted by Gasteiger charge is -2.36. The number of thioether (sulfide) groups is 1. The highest BCUT2D eigenvalue weighted by Gasteiger charge is 2.25. The molecule has 0 radical (unpaired) electrons. The Morgan fingerprint density at radius 1 is 1.33 bits per heavy atom. The Morgan fingerprint density at radius 3 is 2.50 bits per heavy atom. The third-order valence-corrected chi connectivity index (χ3v) is 4.80. The van der Waals surface area contributed by atoms with Gasteiger partial charge in [-0.15, -0.1) is 11.6 Å². The van der Waals surface area contributed by atoms with Gasteiger partial charge < -0.3 is 4.90 Å². The standard InChI is InChI=1S/C14H21ClN2S/c1-9-5-10(2)16-14(13(9)6-15)17-7-11(3)18-12(4)8-17/h5,11-12H,6-8H2,1-4H3. The van der Waals surface area contributed by atoms with Gasteiger partial charge in [0, 0.05) is 34.8 Å². The summed E-state index contributed by atoms with van der Waals surface area (Å²) in [6.45, 7) is 10.9. The highest BCUT2D eigenvalue weighted by Crippen LogP contribution is 2.31. The van der Waals surface area contributed by atoms with Crippen molar-refractivity contribution >= 4 is 29.2 Å². The Labute approximate surface area is 119 Å². The van der Waals surface area contributed by atoms with Crippen LogP contribution < -0.4 is 4.90 Å². The van der Waals surface area contributed by atoms with Crippen LogP contribution in [0.1, 0.15) is 30.7 Å². The first kappa shape index (κ1) is 14.0. The lowest BCUT2D eigenvalue weighted by molar-refractivity contribution is 0.713. The van der Waals surface area contributed by atoms with E-state index in [2.05, 4.69) is 50.4 Å². The predicted octanol–water partition coefficient (Wildman–Crippen LogP) is 3.77. The third kappa shape index (κ3) is 2.94. The molecule has 4 heteroatoms. The number of hydrogen-bond acceptors (Lipinski definition) is 3. The maximum absolute atomic E-state index is 6.11. The van der Waals surface area contributed by atoms with Crippen LogP contribution in [0, 0.1) is 13.8 Å². The van der Waals surface area contributed by atoms with E-state index in [0.29, 0.717) is 16.4 Å². The molecule has 1 aliphatic heterocycles. The lowest BCUT2D eigenvalue weighted by atomic mass is 10.1. The summed E-state index contributed by atoms with van der Waals surface area (Å²) in [6.07, 6.45) is 0. The molecule has 0 bridgehead atoms. The minimum atomic E-state index is 0.543. The summed E-state index contributed by atoms with van der Waals surface area (Å²) in [4.78, 5) is 7.14. The van der Waals surface area contributed by atoms with Gasteiger partial charge in [0.25, 0.3) is 0 Å². The molecule has 2 nitrogen and oxygen atoms in total. The van der Waals surface area contributed by atoms with Crippen molar-refractivity contribution in [2.45, 2.75) is 44.1 Å². The van der Waals surface area contributed by atoms with Gasteiger partial charge in [-0.25, -0.2) is 4.98 Å². The first-order valence-corrected chi connectivity index (χ1v) is 7.92. The van der Waals surface area contributed by atoms with Gasteiger partial charge >= 0.3 is 0 Å². The van der Waals surface area contributed by atoms with E-state index in [1.54, 1.807) is 0 Å². The zero-order chi connectivity index (χ0) is 13.3. The van der Waals surface area contributed by atoms with E-state index >= 15 is 0 Å². The number of anilines is 1. The minimum absolute atomic E-state index is 0.543. The maximum Gasteiger partial charge on any atom is 0.133 e. The number of aromatic nitrogens is 1. The van der Waals surface area contributed by atoms with E-state index in [-0.39, 0.29) is 0 Å². The van der Waals surface area contributed by atoms with Crippen molar-refractivity contribution in [2.24, 2.45) is 0 Å². The van der Waals surface area contributed by atoms with E-state index in [1.807, 2.05) is 0 Å². The number of nitrogens with zero attached hydrogens (tertiary/aromatic N) is 2. The third-order valence-electron chi connectivity index (χ3n) is 3.31. The number of hydrogen-bond donors (Lipinski definition) is 0. The molecule has 1 aliphatic rings. The molecule has 2 unspecified atom stereocenters. The maximum atomic E-state index is 6.11. The Bertz CT molecular complexity index is 426. The van der Waals surface area contributed by atoms with Crippen LogP contribution in [0.5, 0.6) is 0 Å². The van der Waals surface area contributed by atoms with E-state index in [1.165, 1.54) is 11.1 Å². The first-order valence-electron chi connectivity index (χ1n) is 6.44. The van der Waals surface area contributed by atoms with E-state index in [4.69, 9.17) is 16.6 Å². The molecule has 1 aromatic rings. The Morgan fingerprint density at radius 2 is 1.94 bits per heavy atom. The number of halogens is 1. The quantitative estimate of drug-likeness (QED) is 0.769. The Hall–Kier alpha value is -0.410. The number of aryl methyl sites for hydroxylation is 2. The van der Waals surface area contributed by atoms with Gasteiger partial charge in [-0.05, 0) is 25.5 Å². The van der Waals surface area contributed by atoms with Crippen molar-refractivity contribution in [3.63, 3.8) is 0 Å². The SMILES string of the molecule is Cc1cc(C)c(CCl)c(N2CC(C)SC(C)C2)n1. The first-order chi connectivity index (χ1) is 8.51. The fourth-order valence-electron chi connectivity index (χ4n) is 2.62. The molecule has 0 aromatic carbocycles. The molecule has 1 saturated heterocycles. The summed E-state index contributed by atoms with van der Waals surface area (Å²) in [6, 6.07) is 2.12. The Kier molecular flexibility index (Phi) is 4.44. The van der Waals surface area contributed by atoms with E-state index in [0.717, 1.165) is 24.6 Å². The van der Waals surface area contributed by atoms with Crippen molar-refractivity contribution in [1.82, 2.24) is 4.98 Å². The summed E-state index contributed by atoms with van der Waals surface area (Å²) >= 11 is 8.17. The van der Waals surface area contributed by atoms with Gasteiger partial charge in [0.2, 0.25) is 0 Å². The van der Waals surface area contributed by atoms with Crippen LogP contribution in [-0.4, -0.2) is 28.6 Å². The summed E-state index contributed by atoms with van der Waals surface area (Å²) in [7, 11) is 0. The Balaban J connectivity index is 2.37. The zero-order valence-corrected chi connectivity index (χ0v) is 13.1. The highest BCUT2D eigenvalue weighted by molar-refractivity contribution is 8.00. The van der Waals surface area contributed by atoms with Crippen molar-refractivity contribution in [3.05, 3.63) is 22.9 Å². The van der Waals surface area contributed by atoms with E-state index in [9.17, 15) is 0 Å². The molecule has 0 amide bonds. The molecule has 2 heterocycles. The zero-order valence-electron chi connectivity index (χ0n) is 11.5. The molecular weight excluding hydrogens is 264 g/mol. The topological polar surface area (TPSA) is 16.1 Å². The van der Waals surface area contributed by atoms with Gasteiger partial charge in [0.15, 0.2) is 0 Å². The fraction of sp³-hybridized carbons (Fsp3) is 0.643. The molecule has 100 valence electrons. The van der Waals surface area contributed by atoms with Gasteiger partial charge in [0.1, 0.15) is 5.82 Å². The molecule has 2 rings (SSSR count). The van der Waals surface area contributed by atoms with Gasteiger partial charge in [-0.1, -0.05) is 13.8 Å². The molecule has 18 heavy (non-hydrogen) atoms. The average molecular weight is 285 g/mol. The minimum Gasteiger partial charge on any atom is -0.354 e. The normalized spacial score (nSPS) is 24.4. The molecule has 0 saturated carbocycles. The summed E-state index contributed by atoms with van der Waals surface area (Å²) in [5, 5.41) is 1.30. The van der Waals surface area contributed by atoms with Crippen LogP contribution in [0.2, 0.25) is 0 Å². The second kappa shape index (κ2) is 5.70. The van der Waals surface area contributed by atoms with Crippen LogP contribution >= 0.6 is 23.4 Å². The average Bonchev–Trinajstić information content (AvgIpc) is 2.26. The van der Waals surface area contributed by atoms with Crippen molar-refractivity contribution in [1.29, 1.82) is 0 Å². The fourth-order valence-corrected chi connectivity index (χ4v) is 4.28. The largest absolute Gasteiger partial charge is 0.354 e. The van der Waals surface area contributed by atoms with Gasteiger partial charge in [0.05, 0.1) is 5.88 Å². The summed E-state index contributed by atoms with van der Waals surface area (Å²) in [5.41, 5.74) is 3.52. The number of rotatable bonds is 2. The number of alkyl halides is 1. The molecule has 2 atom stereocenters. The van der Waals surface area contributed by atoms with Crippen LogP contribution in [0.3, 0.4) is 0 Å². The predicted molar refractivity (Wildman–Crippen MR) is 82.0 cm³/mol. The lowest BCUT2D eigenvalue weighted by Crippen LogP contribution is -2.41. The molecular formula is C14H21ClN2S. The smallest absolute Gasteiger partial charge is 0.133 e. The van der Waals surface area contributed by atoms with Crippen molar-refractivity contribution in [3.8, 4) is 0 Å². The summed E-state index contributed by atoms with van der Waals surface area (Å²) < 4.78 is 0. The van der Waals surface area contributed by atoms with Crippen LogP contribution in [0.25, 0.3) is 0 Å². The van der Waals surface area contributed by atoms with Gasteiger partial charge in [-0.3, -0.25) is 0 Å². The van der Waals surface area contributed by atoms with E-state index < -0.39 is 0 Å². The molecule has 1 aromatic heterocycles. The number of pyridine rings is 1. The monoisotopic (exact) mass is 284 g/mol. The second-order valence-electron chi connectivity index (χ2n) is 5.18. The van der Waals surface area contributed by atoms with Gasteiger partial charge in [-0.2, -0.15) is 11.8 Å². The van der Waals surface area contributed by atoms with Crippen LogP contribution in [-0.2, 0) is 5.88 Å². The van der Waals surface area contributed by atoms with Crippen molar-refractivity contribution < 1.29 is 0 Å². The van der Waals surface area contributed by atoms with Crippen LogP contribution in [0.15, 0.2) is 6.07 Å². The molecule has 1 fully saturated rings. The molecule has 0 N–H and O–H groups in total. The molecule has 0 aliphatic carbocycles. The summed E-state index contributed by atoms with van der Waals surface area (Å²) in [5.74, 6) is 1.64. The second-order valence-corrected chi connectivity index (χ2v) is 7.33. The van der Waals surface area contributed by atoms with Crippen molar-refractivity contribution in [2.75, 3.05) is 18.0 Å². The molecule has 0 spiro atoms. The highest BCUT2D eigenvalue weighted by atomic mass is 35.5. The van der Waals surface area contributed by atoms with Crippen LogP contribution in [0.4, 0.5) is 5.82 Å².